The van der Waals surface area contributed by atoms with Crippen LogP contribution in [0.2, 0.25) is 0 Å². The van der Waals surface area contributed by atoms with E-state index in [2.05, 4.69) is 20.4 Å². The summed E-state index contributed by atoms with van der Waals surface area (Å²) in [6.45, 7) is 4.28. The Labute approximate surface area is 208 Å². The van der Waals surface area contributed by atoms with Gasteiger partial charge < -0.3 is 9.64 Å². The molecule has 4 aromatic rings. The van der Waals surface area contributed by atoms with E-state index < -0.39 is 17.9 Å². The molecular weight excluding hydrogens is 491 g/mol. The molecule has 0 aliphatic carbocycles. The molecule has 0 saturated heterocycles. The van der Waals surface area contributed by atoms with Crippen LogP contribution in [0.25, 0.3) is 10.9 Å². The number of carbonyl (C=O) groups excluding carboxylic acids is 2. The van der Waals surface area contributed by atoms with Gasteiger partial charge in [-0.15, -0.1) is 0 Å². The van der Waals surface area contributed by atoms with Crippen LogP contribution < -0.4 is 10.1 Å². The molecule has 0 saturated carbocycles. The van der Waals surface area contributed by atoms with Gasteiger partial charge in [0, 0.05) is 49.3 Å². The highest BCUT2D eigenvalue weighted by molar-refractivity contribution is 5.99. The molecule has 1 aliphatic rings. The highest BCUT2D eigenvalue weighted by atomic mass is 19.4. The van der Waals surface area contributed by atoms with Crippen molar-refractivity contribution in [2.24, 2.45) is 7.05 Å². The largest absolute Gasteiger partial charge is 0.438 e. The van der Waals surface area contributed by atoms with E-state index in [0.717, 1.165) is 35.3 Å². The molecule has 3 aromatic heterocycles. The zero-order valence-corrected chi connectivity index (χ0v) is 20.1. The maximum Gasteiger partial charge on any atom is 0.433 e. The molecule has 0 unspecified atom stereocenters. The molecule has 0 bridgehead atoms. The zero-order chi connectivity index (χ0) is 26.5. The van der Waals surface area contributed by atoms with Gasteiger partial charge in [0.15, 0.2) is 5.82 Å². The number of fused-ring (bicyclic) bond motifs is 2. The molecule has 5 rings (SSSR count). The quantitative estimate of drug-likeness (QED) is 0.439. The summed E-state index contributed by atoms with van der Waals surface area (Å²) in [4.78, 5) is 34.9. The van der Waals surface area contributed by atoms with Gasteiger partial charge in [-0.3, -0.25) is 19.4 Å². The Bertz CT molecular complexity index is 1540. The van der Waals surface area contributed by atoms with Crippen LogP contribution in [-0.4, -0.2) is 47.7 Å². The van der Waals surface area contributed by atoms with Crippen molar-refractivity contribution in [3.63, 3.8) is 0 Å². The first-order chi connectivity index (χ1) is 17.5. The Morgan fingerprint density at radius 1 is 1.16 bits per heavy atom. The Balaban J connectivity index is 1.39. The average molecular weight is 513 g/mol. The van der Waals surface area contributed by atoms with E-state index in [1.807, 2.05) is 6.92 Å². The van der Waals surface area contributed by atoms with Gasteiger partial charge in [0.25, 0.3) is 0 Å². The van der Waals surface area contributed by atoms with Crippen molar-refractivity contribution in [2.45, 2.75) is 33.0 Å². The maximum atomic E-state index is 13.0. The number of benzene rings is 1. The number of hydrogen-bond acceptors (Lipinski definition) is 6. The highest BCUT2D eigenvalue weighted by Gasteiger charge is 2.35. The lowest BCUT2D eigenvalue weighted by atomic mass is 10.1. The molecular formula is C24H22F3N7O3. The molecule has 0 radical (unpaired) electrons. The van der Waals surface area contributed by atoms with Gasteiger partial charge in [0.1, 0.15) is 17.8 Å². The third-order valence-electron chi connectivity index (χ3n) is 6.34. The molecule has 0 fully saturated rings. The molecule has 4 heterocycles. The van der Waals surface area contributed by atoms with Gasteiger partial charge in [-0.05, 0) is 31.5 Å². The van der Waals surface area contributed by atoms with Crippen molar-refractivity contribution >= 4 is 28.7 Å². The molecule has 1 aromatic carbocycles. The summed E-state index contributed by atoms with van der Waals surface area (Å²) in [5.41, 5.74) is 1.88. The number of amides is 2. The Kier molecular flexibility index (Phi) is 5.85. The second-order valence-corrected chi connectivity index (χ2v) is 8.67. The summed E-state index contributed by atoms with van der Waals surface area (Å²) in [5.74, 6) is 0.698. The minimum absolute atomic E-state index is 0.0228. The van der Waals surface area contributed by atoms with E-state index in [4.69, 9.17) is 4.74 Å². The Morgan fingerprint density at radius 3 is 2.65 bits per heavy atom. The number of rotatable bonds is 3. The molecule has 13 heteroatoms. The summed E-state index contributed by atoms with van der Waals surface area (Å²) >= 11 is 0. The lowest BCUT2D eigenvalue weighted by Crippen LogP contribution is -2.35. The average Bonchev–Trinajstić information content (AvgIpc) is 3.44. The van der Waals surface area contributed by atoms with Gasteiger partial charge in [-0.1, -0.05) is 0 Å². The number of hydrogen-bond donors (Lipinski definition) is 1. The molecule has 0 atom stereocenters. The number of nitrogens with zero attached hydrogens (tertiary/aromatic N) is 6. The molecule has 1 N–H and O–H groups in total. The van der Waals surface area contributed by atoms with Crippen LogP contribution in [0.4, 0.5) is 23.8 Å². The van der Waals surface area contributed by atoms with Gasteiger partial charge in [0.05, 0.1) is 17.8 Å². The Morgan fingerprint density at radius 2 is 1.95 bits per heavy atom. The summed E-state index contributed by atoms with van der Waals surface area (Å²) in [5, 5.41) is 6.86. The summed E-state index contributed by atoms with van der Waals surface area (Å²) in [6, 6.07) is 5.22. The van der Waals surface area contributed by atoms with Crippen molar-refractivity contribution in [1.29, 1.82) is 0 Å². The minimum Gasteiger partial charge on any atom is -0.438 e. The van der Waals surface area contributed by atoms with Gasteiger partial charge in [-0.25, -0.2) is 14.8 Å². The fourth-order valence-electron chi connectivity index (χ4n) is 4.38. The van der Waals surface area contributed by atoms with Crippen LogP contribution >= 0.6 is 0 Å². The van der Waals surface area contributed by atoms with Crippen molar-refractivity contribution < 1.29 is 27.5 Å². The maximum absolute atomic E-state index is 13.0. The van der Waals surface area contributed by atoms with Crippen LogP contribution in [0.1, 0.15) is 29.4 Å². The van der Waals surface area contributed by atoms with Crippen molar-refractivity contribution in [1.82, 2.24) is 29.2 Å². The van der Waals surface area contributed by atoms with Gasteiger partial charge in [-0.2, -0.15) is 18.3 Å². The van der Waals surface area contributed by atoms with Crippen LogP contribution in [0.3, 0.4) is 0 Å². The summed E-state index contributed by atoms with van der Waals surface area (Å²) in [7, 11) is 1.16. The first-order valence-corrected chi connectivity index (χ1v) is 11.3. The monoisotopic (exact) mass is 513 g/mol. The number of aryl methyl sites for hydroxylation is 2. The minimum atomic E-state index is -4.59. The van der Waals surface area contributed by atoms with E-state index in [0.29, 0.717) is 41.3 Å². The molecule has 192 valence electrons. The predicted molar refractivity (Wildman–Crippen MR) is 126 cm³/mol. The topological polar surface area (TPSA) is 107 Å². The second-order valence-electron chi connectivity index (χ2n) is 8.67. The summed E-state index contributed by atoms with van der Waals surface area (Å²) in [6.07, 6.45) is -1.11. The number of ether oxygens (including phenoxy) is 1. The van der Waals surface area contributed by atoms with E-state index in [1.165, 1.54) is 24.0 Å². The molecule has 0 spiro atoms. The molecule has 2 amide bonds. The van der Waals surface area contributed by atoms with Crippen LogP contribution in [0.5, 0.6) is 11.6 Å². The van der Waals surface area contributed by atoms with Crippen molar-refractivity contribution in [2.75, 3.05) is 11.9 Å². The first kappa shape index (κ1) is 24.3. The van der Waals surface area contributed by atoms with Crippen molar-refractivity contribution in [3.05, 3.63) is 59.3 Å². The van der Waals surface area contributed by atoms with Crippen LogP contribution in [-0.2, 0) is 31.0 Å². The number of halogens is 3. The number of alkyl halides is 3. The third kappa shape index (κ3) is 4.47. The SMILES string of the molecule is CC(=O)N1CCc2c(ncnc2Oc2ccc3c(ccn3C(=O)Nc3cc(C(F)(F)F)n(C)n3)c2C)C1. The lowest BCUT2D eigenvalue weighted by molar-refractivity contribution is -0.143. The number of anilines is 1. The molecule has 1 aliphatic heterocycles. The fraction of sp³-hybridized carbons (Fsp3) is 0.292. The Hall–Kier alpha value is -4.42. The van der Waals surface area contributed by atoms with Crippen molar-refractivity contribution in [3.8, 4) is 11.6 Å². The number of carbonyl (C=O) groups is 2. The highest BCUT2D eigenvalue weighted by Crippen LogP contribution is 2.34. The van der Waals surface area contributed by atoms with E-state index >= 15 is 0 Å². The van der Waals surface area contributed by atoms with E-state index in [9.17, 15) is 22.8 Å². The second kappa shape index (κ2) is 8.91. The third-order valence-corrected chi connectivity index (χ3v) is 6.34. The molecule has 10 nitrogen and oxygen atoms in total. The van der Waals surface area contributed by atoms with Gasteiger partial charge >= 0.3 is 12.2 Å². The normalized spacial score (nSPS) is 13.5. The number of aromatic nitrogens is 5. The predicted octanol–water partition coefficient (Wildman–Crippen LogP) is 4.27. The first-order valence-electron chi connectivity index (χ1n) is 11.3. The number of nitrogens with one attached hydrogen (secondary N) is 1. The fourth-order valence-corrected chi connectivity index (χ4v) is 4.38. The smallest absolute Gasteiger partial charge is 0.433 e. The summed E-state index contributed by atoms with van der Waals surface area (Å²) < 4.78 is 47.2. The molecule has 37 heavy (non-hydrogen) atoms. The lowest BCUT2D eigenvalue weighted by Gasteiger charge is -2.27. The van der Waals surface area contributed by atoms with E-state index in [-0.39, 0.29) is 11.7 Å². The van der Waals surface area contributed by atoms with Crippen LogP contribution in [0, 0.1) is 6.92 Å². The van der Waals surface area contributed by atoms with Crippen LogP contribution in [0.15, 0.2) is 36.8 Å². The van der Waals surface area contributed by atoms with E-state index in [1.54, 1.807) is 23.1 Å². The zero-order valence-electron chi connectivity index (χ0n) is 20.1. The standard InChI is InChI=1S/C24H22F3N7O3/c1-13-15-7-9-34(23(36)30-21-10-20(24(25,26)27)32(3)31-21)18(15)4-5-19(13)37-22-16-6-8-33(14(2)35)11-17(16)28-12-29-22/h4-5,7,9-10,12H,6,8,11H2,1-3H3,(H,30,31,36). The van der Waals surface area contributed by atoms with Gasteiger partial charge in [0.2, 0.25) is 11.8 Å².